The summed E-state index contributed by atoms with van der Waals surface area (Å²) < 4.78 is 5.29. The van der Waals surface area contributed by atoms with E-state index in [1.807, 2.05) is 37.2 Å². The number of nitrogens with one attached hydrogen (secondary N) is 2. The fourth-order valence-corrected chi connectivity index (χ4v) is 3.04. The first-order valence-electron chi connectivity index (χ1n) is 9.30. The van der Waals surface area contributed by atoms with Gasteiger partial charge in [0.25, 0.3) is 0 Å². The molecule has 3 N–H and O–H groups in total. The van der Waals surface area contributed by atoms with E-state index in [2.05, 4.69) is 15.1 Å². The van der Waals surface area contributed by atoms with Crippen LogP contribution >= 0.6 is 0 Å². The van der Waals surface area contributed by atoms with Crippen LogP contribution < -0.4 is 10.2 Å². The first kappa shape index (κ1) is 22.8. The molecule has 2 atom stereocenters. The summed E-state index contributed by atoms with van der Waals surface area (Å²) in [6, 6.07) is 4.65. The van der Waals surface area contributed by atoms with Gasteiger partial charge in [-0.05, 0) is 24.1 Å². The summed E-state index contributed by atoms with van der Waals surface area (Å²) in [4.78, 5) is 43.2. The molecule has 2 aromatic rings. The number of aromatic nitrogens is 1. The number of hydrogen-bond acceptors (Lipinski definition) is 5. The lowest BCUT2D eigenvalue weighted by Crippen LogP contribution is -2.46. The molecule has 2 rings (SSSR count). The molecule has 30 heavy (non-hydrogen) atoms. The van der Waals surface area contributed by atoms with Crippen molar-refractivity contribution in [2.24, 2.45) is 0 Å². The molecule has 1 heterocycles. The van der Waals surface area contributed by atoms with Gasteiger partial charge < -0.3 is 30.6 Å². The number of carboxylic acid groups (broad SMARTS) is 1. The van der Waals surface area contributed by atoms with Crippen LogP contribution in [-0.4, -0.2) is 72.1 Å². The van der Waals surface area contributed by atoms with E-state index in [-0.39, 0.29) is 19.3 Å². The SMILES string of the molecule is COC(Cc1c[nH]c2cc(N(C)C)ccc12)C(=O)NC(CCC(=O)C=[N+]=[N-])C(=O)O. The maximum absolute atomic E-state index is 12.6. The lowest BCUT2D eigenvalue weighted by Gasteiger charge is -2.19. The lowest BCUT2D eigenvalue weighted by atomic mass is 10.0. The number of fused-ring (bicyclic) bond motifs is 1. The molecule has 1 aromatic carbocycles. The van der Waals surface area contributed by atoms with Crippen LogP contribution in [0.15, 0.2) is 24.4 Å². The Kier molecular flexibility index (Phi) is 7.85. The Bertz CT molecular complexity index is 977. The fourth-order valence-electron chi connectivity index (χ4n) is 3.04. The van der Waals surface area contributed by atoms with Crippen LogP contribution in [0.5, 0.6) is 0 Å². The predicted molar refractivity (Wildman–Crippen MR) is 111 cm³/mol. The van der Waals surface area contributed by atoms with Gasteiger partial charge in [-0.15, -0.1) is 0 Å². The molecule has 160 valence electrons. The van der Waals surface area contributed by atoms with Crippen molar-refractivity contribution < 1.29 is 29.0 Å². The number of nitrogens with zero attached hydrogens (tertiary/aromatic N) is 3. The molecule has 0 aliphatic carbocycles. The number of benzene rings is 1. The first-order chi connectivity index (χ1) is 14.3. The smallest absolute Gasteiger partial charge is 0.326 e. The number of hydrogen-bond donors (Lipinski definition) is 3. The quantitative estimate of drug-likeness (QED) is 0.283. The summed E-state index contributed by atoms with van der Waals surface area (Å²) in [6.45, 7) is 0. The zero-order valence-corrected chi connectivity index (χ0v) is 17.1. The topological polar surface area (TPSA) is 148 Å². The van der Waals surface area contributed by atoms with E-state index in [9.17, 15) is 19.5 Å². The number of methoxy groups -OCH3 is 1. The van der Waals surface area contributed by atoms with Gasteiger partial charge in [0.15, 0.2) is 0 Å². The standard InChI is InChI=1S/C20H25N5O5/c1-25(2)13-4-6-15-12(10-22-17(15)9-13)8-18(30-3)19(27)24-16(20(28)29)7-5-14(26)11-23-21/h4,6,9-11,16,18,22H,5,7-8H2,1-3H3,(H,24,27)(H,28,29). The van der Waals surface area contributed by atoms with Crippen molar-refractivity contribution in [1.29, 1.82) is 0 Å². The minimum absolute atomic E-state index is 0.136. The number of aliphatic carboxylic acids is 1. The van der Waals surface area contributed by atoms with Gasteiger partial charge in [-0.25, -0.2) is 4.79 Å². The minimum Gasteiger partial charge on any atom is -0.480 e. The normalized spacial score (nSPS) is 12.6. The average molecular weight is 415 g/mol. The van der Waals surface area contributed by atoms with Gasteiger partial charge in [-0.3, -0.25) is 9.59 Å². The van der Waals surface area contributed by atoms with Crippen molar-refractivity contribution in [2.45, 2.75) is 31.4 Å². The van der Waals surface area contributed by atoms with Gasteiger partial charge >= 0.3 is 12.2 Å². The van der Waals surface area contributed by atoms with Crippen LogP contribution in [0.3, 0.4) is 0 Å². The summed E-state index contributed by atoms with van der Waals surface area (Å²) in [5.41, 5.74) is 11.1. The Balaban J connectivity index is 2.09. The maximum Gasteiger partial charge on any atom is 0.326 e. The van der Waals surface area contributed by atoms with Gasteiger partial charge in [0, 0.05) is 56.8 Å². The van der Waals surface area contributed by atoms with E-state index in [0.717, 1.165) is 22.2 Å². The molecule has 0 radical (unpaired) electrons. The van der Waals surface area contributed by atoms with E-state index < -0.39 is 29.8 Å². The van der Waals surface area contributed by atoms with Crippen LogP contribution in [0.4, 0.5) is 5.69 Å². The maximum atomic E-state index is 12.6. The third-order valence-electron chi connectivity index (χ3n) is 4.75. The molecular weight excluding hydrogens is 390 g/mol. The number of ketones is 1. The Morgan fingerprint density at radius 3 is 2.70 bits per heavy atom. The number of carbonyl (C=O) groups excluding carboxylic acids is 2. The Labute approximate surface area is 173 Å². The Morgan fingerprint density at radius 2 is 2.10 bits per heavy atom. The second-order valence-electron chi connectivity index (χ2n) is 7.02. The van der Waals surface area contributed by atoms with Crippen molar-refractivity contribution >= 4 is 40.5 Å². The van der Waals surface area contributed by atoms with Gasteiger partial charge in [0.2, 0.25) is 11.7 Å². The number of rotatable bonds is 11. The number of amides is 1. The summed E-state index contributed by atoms with van der Waals surface area (Å²) in [5, 5.41) is 12.7. The highest BCUT2D eigenvalue weighted by molar-refractivity contribution is 6.25. The van der Waals surface area contributed by atoms with Gasteiger partial charge in [0.1, 0.15) is 12.1 Å². The predicted octanol–water partition coefficient (Wildman–Crippen LogP) is 1.01. The van der Waals surface area contributed by atoms with Crippen molar-refractivity contribution in [1.82, 2.24) is 10.3 Å². The molecule has 0 aliphatic rings. The minimum atomic E-state index is -1.27. The van der Waals surface area contributed by atoms with Crippen LogP contribution in [0.25, 0.3) is 16.4 Å². The third kappa shape index (κ3) is 5.76. The molecule has 0 spiro atoms. The zero-order chi connectivity index (χ0) is 22.3. The van der Waals surface area contributed by atoms with E-state index in [1.165, 1.54) is 7.11 Å². The van der Waals surface area contributed by atoms with Crippen molar-refractivity contribution in [3.63, 3.8) is 0 Å². The molecule has 10 heteroatoms. The molecule has 10 nitrogen and oxygen atoms in total. The number of H-pyrrole nitrogens is 1. The Hall–Kier alpha value is -3.49. The first-order valence-corrected chi connectivity index (χ1v) is 9.30. The fraction of sp³-hybridized carbons (Fsp3) is 0.400. The van der Waals surface area contributed by atoms with Crippen LogP contribution in [-0.2, 0) is 25.5 Å². The highest BCUT2D eigenvalue weighted by atomic mass is 16.5. The third-order valence-corrected chi connectivity index (χ3v) is 4.75. The van der Waals surface area contributed by atoms with Crippen molar-refractivity contribution in [2.75, 3.05) is 26.1 Å². The van der Waals surface area contributed by atoms with E-state index in [1.54, 1.807) is 6.20 Å². The molecular formula is C20H25N5O5. The monoisotopic (exact) mass is 415 g/mol. The summed E-state index contributed by atoms with van der Waals surface area (Å²) in [5.74, 6) is -2.40. The lowest BCUT2D eigenvalue weighted by molar-refractivity contribution is -0.144. The number of Topliss-reactive ketones (excluding diaryl/α,β-unsaturated/α-hetero) is 1. The molecule has 0 saturated carbocycles. The number of carboxylic acids is 1. The number of anilines is 1. The zero-order valence-electron chi connectivity index (χ0n) is 17.1. The van der Waals surface area contributed by atoms with Crippen molar-refractivity contribution in [3.05, 3.63) is 35.5 Å². The van der Waals surface area contributed by atoms with Gasteiger partial charge in [0.05, 0.1) is 0 Å². The van der Waals surface area contributed by atoms with Crippen molar-refractivity contribution in [3.8, 4) is 0 Å². The molecule has 0 bridgehead atoms. The van der Waals surface area contributed by atoms with Crippen LogP contribution in [0.2, 0.25) is 0 Å². The molecule has 1 amide bonds. The van der Waals surface area contributed by atoms with Gasteiger partial charge in [-0.2, -0.15) is 4.79 Å². The molecule has 1 aromatic heterocycles. The number of ether oxygens (including phenoxy) is 1. The largest absolute Gasteiger partial charge is 0.480 e. The highest BCUT2D eigenvalue weighted by Crippen LogP contribution is 2.24. The Morgan fingerprint density at radius 1 is 1.37 bits per heavy atom. The van der Waals surface area contributed by atoms with Gasteiger partial charge in [-0.1, -0.05) is 6.07 Å². The van der Waals surface area contributed by atoms with Crippen LogP contribution in [0, 0.1) is 0 Å². The summed E-state index contributed by atoms with van der Waals surface area (Å²) in [7, 11) is 5.26. The van der Waals surface area contributed by atoms with Crippen LogP contribution in [0.1, 0.15) is 18.4 Å². The second kappa shape index (κ2) is 10.3. The van der Waals surface area contributed by atoms with E-state index in [4.69, 9.17) is 10.3 Å². The summed E-state index contributed by atoms with van der Waals surface area (Å²) in [6.07, 6.45) is 1.50. The average Bonchev–Trinajstić information content (AvgIpc) is 3.10. The molecule has 2 unspecified atom stereocenters. The van der Waals surface area contributed by atoms with E-state index in [0.29, 0.717) is 6.21 Å². The number of carbonyl (C=O) groups is 3. The molecule has 0 fully saturated rings. The summed E-state index contributed by atoms with van der Waals surface area (Å²) >= 11 is 0. The molecule has 0 aliphatic heterocycles. The second-order valence-corrected chi connectivity index (χ2v) is 7.02. The molecule has 0 saturated heterocycles. The van der Waals surface area contributed by atoms with E-state index >= 15 is 0 Å². The highest BCUT2D eigenvalue weighted by Gasteiger charge is 2.26. The number of aromatic amines is 1.